The van der Waals surface area contributed by atoms with Crippen molar-refractivity contribution in [2.45, 2.75) is 0 Å². The summed E-state index contributed by atoms with van der Waals surface area (Å²) in [7, 11) is 4.83. The molecule has 0 fully saturated rings. The van der Waals surface area contributed by atoms with E-state index in [0.717, 1.165) is 4.57 Å². The first-order valence-corrected chi connectivity index (χ1v) is 5.07. The molecule has 2 aromatic rings. The van der Waals surface area contributed by atoms with E-state index in [1.165, 1.54) is 11.6 Å². The summed E-state index contributed by atoms with van der Waals surface area (Å²) in [6.07, 6.45) is 0. The Balaban J connectivity index is 3.23. The normalized spacial score (nSPS) is 11.2. The van der Waals surface area contributed by atoms with Crippen molar-refractivity contribution >= 4 is 27.1 Å². The SMILES string of the molecule is Cn1c(=O)c2c([nH]c(Br)[n+]2C)n(C)c1=O. The first kappa shape index (κ1) is 10.2. The molecule has 0 saturated carbocycles. The smallest absolute Gasteiger partial charge is 0.264 e. The molecule has 0 bridgehead atoms. The van der Waals surface area contributed by atoms with Crippen molar-refractivity contribution in [1.82, 2.24) is 14.1 Å². The fourth-order valence-corrected chi connectivity index (χ4v) is 1.92. The summed E-state index contributed by atoms with van der Waals surface area (Å²) in [6, 6.07) is 0. The van der Waals surface area contributed by atoms with Gasteiger partial charge in [-0.2, -0.15) is 0 Å². The number of aromatic nitrogens is 4. The quantitative estimate of drug-likeness (QED) is 0.502. The lowest BCUT2D eigenvalue weighted by molar-refractivity contribution is -0.656. The Morgan fingerprint density at radius 2 is 1.87 bits per heavy atom. The molecule has 0 radical (unpaired) electrons. The van der Waals surface area contributed by atoms with E-state index in [1.54, 1.807) is 18.7 Å². The molecule has 15 heavy (non-hydrogen) atoms. The zero-order valence-corrected chi connectivity index (χ0v) is 10.1. The molecule has 6 nitrogen and oxygen atoms in total. The van der Waals surface area contributed by atoms with E-state index in [1.807, 2.05) is 0 Å². The Bertz CT molecular complexity index is 664. The zero-order valence-electron chi connectivity index (χ0n) is 8.54. The Kier molecular flexibility index (Phi) is 2.07. The van der Waals surface area contributed by atoms with Gasteiger partial charge in [0.1, 0.15) is 0 Å². The van der Waals surface area contributed by atoms with Gasteiger partial charge in [-0.3, -0.25) is 13.9 Å². The van der Waals surface area contributed by atoms with E-state index in [9.17, 15) is 9.59 Å². The van der Waals surface area contributed by atoms with E-state index in [4.69, 9.17) is 0 Å². The highest BCUT2D eigenvalue weighted by atomic mass is 79.9. The molecule has 2 heterocycles. The first-order valence-electron chi connectivity index (χ1n) is 4.28. The van der Waals surface area contributed by atoms with Crippen LogP contribution in [0, 0.1) is 0 Å². The van der Waals surface area contributed by atoms with Crippen molar-refractivity contribution < 1.29 is 4.57 Å². The molecular formula is C8H10BrN4O2+. The highest BCUT2D eigenvalue weighted by Crippen LogP contribution is 2.05. The largest absolute Gasteiger partial charge is 0.333 e. The number of H-pyrrole nitrogens is 1. The van der Waals surface area contributed by atoms with Crippen molar-refractivity contribution in [2.75, 3.05) is 0 Å². The highest BCUT2D eigenvalue weighted by Gasteiger charge is 2.21. The summed E-state index contributed by atoms with van der Waals surface area (Å²) >= 11 is 3.27. The molecule has 0 saturated heterocycles. The van der Waals surface area contributed by atoms with Gasteiger partial charge < -0.3 is 0 Å². The summed E-state index contributed by atoms with van der Waals surface area (Å²) in [5, 5.41) is 0. The lowest BCUT2D eigenvalue weighted by Crippen LogP contribution is -2.42. The van der Waals surface area contributed by atoms with Crippen LogP contribution >= 0.6 is 15.9 Å². The van der Waals surface area contributed by atoms with Gasteiger partial charge in [-0.1, -0.05) is 0 Å². The van der Waals surface area contributed by atoms with Crippen LogP contribution < -0.4 is 15.8 Å². The van der Waals surface area contributed by atoms with Gasteiger partial charge in [-0.25, -0.2) is 14.3 Å². The second kappa shape index (κ2) is 3.06. The van der Waals surface area contributed by atoms with Gasteiger partial charge in [-0.15, -0.1) is 0 Å². The predicted molar refractivity (Wildman–Crippen MR) is 57.7 cm³/mol. The molecule has 2 aromatic heterocycles. The number of rotatable bonds is 0. The van der Waals surface area contributed by atoms with Gasteiger partial charge in [0.05, 0.1) is 7.05 Å². The van der Waals surface area contributed by atoms with E-state index < -0.39 is 0 Å². The molecule has 0 amide bonds. The van der Waals surface area contributed by atoms with Crippen LogP contribution in [0.1, 0.15) is 0 Å². The van der Waals surface area contributed by atoms with Crippen molar-refractivity contribution in [1.29, 1.82) is 0 Å². The molecule has 1 N–H and O–H groups in total. The molecule has 0 unspecified atom stereocenters. The van der Waals surface area contributed by atoms with Gasteiger partial charge in [-0.05, 0) is 0 Å². The molecule has 0 aliphatic heterocycles. The zero-order chi connectivity index (χ0) is 11.3. The van der Waals surface area contributed by atoms with Crippen LogP contribution in [0.5, 0.6) is 0 Å². The fourth-order valence-electron chi connectivity index (χ4n) is 1.55. The first-order chi connectivity index (χ1) is 6.95. The fraction of sp³-hybridized carbons (Fsp3) is 0.375. The Morgan fingerprint density at radius 1 is 1.27 bits per heavy atom. The maximum absolute atomic E-state index is 11.8. The molecule has 2 rings (SSSR count). The minimum absolute atomic E-state index is 0.308. The predicted octanol–water partition coefficient (Wildman–Crippen LogP) is -0.848. The van der Waals surface area contributed by atoms with Crippen LogP contribution in [0.3, 0.4) is 0 Å². The Hall–Kier alpha value is -1.37. The van der Waals surface area contributed by atoms with Gasteiger partial charge in [0.25, 0.3) is 11.2 Å². The monoisotopic (exact) mass is 273 g/mol. The molecule has 0 aliphatic carbocycles. The number of nitrogens with one attached hydrogen (secondary N) is 1. The summed E-state index contributed by atoms with van der Waals surface area (Å²) in [5.41, 5.74) is 0.323. The Labute approximate surface area is 92.9 Å². The average molecular weight is 274 g/mol. The van der Waals surface area contributed by atoms with Crippen molar-refractivity contribution in [3.63, 3.8) is 0 Å². The minimum Gasteiger partial charge on any atom is -0.264 e. The second-order valence-corrected chi connectivity index (χ2v) is 4.13. The lowest BCUT2D eigenvalue weighted by atomic mass is 10.5. The number of hydrogen-bond donors (Lipinski definition) is 1. The van der Waals surface area contributed by atoms with Gasteiger partial charge in [0, 0.05) is 30.0 Å². The van der Waals surface area contributed by atoms with Crippen LogP contribution in [0.15, 0.2) is 14.3 Å². The molecule has 0 atom stereocenters. The van der Waals surface area contributed by atoms with E-state index >= 15 is 0 Å². The van der Waals surface area contributed by atoms with Gasteiger partial charge in [0.15, 0.2) is 0 Å². The number of hydrogen-bond acceptors (Lipinski definition) is 2. The lowest BCUT2D eigenvalue weighted by Gasteiger charge is -1.99. The number of halogens is 1. The van der Waals surface area contributed by atoms with E-state index in [0.29, 0.717) is 15.9 Å². The summed E-state index contributed by atoms with van der Waals surface area (Å²) < 4.78 is 4.80. The van der Waals surface area contributed by atoms with Crippen LogP contribution in [0.4, 0.5) is 0 Å². The van der Waals surface area contributed by atoms with Crippen molar-refractivity contribution in [3.8, 4) is 0 Å². The standard InChI is InChI=1S/C8H9BrN4O2/c1-11-4-5(10-7(11)9)12(2)8(15)13(3)6(4)14/h1-3H3/p+1. The topological polar surface area (TPSA) is 63.7 Å². The van der Waals surface area contributed by atoms with Crippen LogP contribution in [0.25, 0.3) is 11.2 Å². The third-order valence-corrected chi connectivity index (χ3v) is 3.22. The molecule has 0 spiro atoms. The molecule has 80 valence electrons. The number of imidazole rings is 1. The minimum atomic E-state index is -0.346. The third kappa shape index (κ3) is 1.19. The number of fused-ring (bicyclic) bond motifs is 1. The second-order valence-electron chi connectivity index (χ2n) is 3.38. The van der Waals surface area contributed by atoms with Gasteiger partial charge in [0.2, 0.25) is 0 Å². The van der Waals surface area contributed by atoms with Crippen LogP contribution in [-0.2, 0) is 21.1 Å². The highest BCUT2D eigenvalue weighted by molar-refractivity contribution is 9.10. The summed E-state index contributed by atoms with van der Waals surface area (Å²) in [5.74, 6) is 0. The number of aryl methyl sites for hydroxylation is 2. The van der Waals surface area contributed by atoms with Crippen LogP contribution in [-0.4, -0.2) is 14.1 Å². The molecule has 7 heteroatoms. The van der Waals surface area contributed by atoms with Crippen molar-refractivity contribution in [3.05, 3.63) is 25.6 Å². The number of aromatic amines is 1. The third-order valence-electron chi connectivity index (χ3n) is 2.49. The Morgan fingerprint density at radius 3 is 2.47 bits per heavy atom. The van der Waals surface area contributed by atoms with E-state index in [2.05, 4.69) is 20.9 Å². The maximum atomic E-state index is 11.8. The van der Waals surface area contributed by atoms with Gasteiger partial charge >= 0.3 is 16.0 Å². The average Bonchev–Trinajstić information content (AvgIpc) is 2.50. The maximum Gasteiger partial charge on any atom is 0.333 e. The van der Waals surface area contributed by atoms with Crippen molar-refractivity contribution in [2.24, 2.45) is 21.1 Å². The number of nitrogens with zero attached hydrogens (tertiary/aromatic N) is 3. The summed E-state index contributed by atoms with van der Waals surface area (Å²) in [6.45, 7) is 0. The molecule has 0 aromatic carbocycles. The molecular weight excluding hydrogens is 264 g/mol. The van der Waals surface area contributed by atoms with Crippen LogP contribution in [0.2, 0.25) is 0 Å². The summed E-state index contributed by atoms with van der Waals surface area (Å²) in [4.78, 5) is 26.4. The molecule has 0 aliphatic rings. The van der Waals surface area contributed by atoms with E-state index in [-0.39, 0.29) is 11.2 Å².